The lowest BCUT2D eigenvalue weighted by atomic mass is 10.0. The highest BCUT2D eigenvalue weighted by Crippen LogP contribution is 2.25. The summed E-state index contributed by atoms with van der Waals surface area (Å²) in [6.45, 7) is 1.09. The first kappa shape index (κ1) is 18.4. The summed E-state index contributed by atoms with van der Waals surface area (Å²) in [7, 11) is 0. The molecule has 1 fully saturated rings. The molecule has 0 spiro atoms. The van der Waals surface area contributed by atoms with Crippen LogP contribution in [0.3, 0.4) is 0 Å². The van der Waals surface area contributed by atoms with E-state index in [1.165, 1.54) is 9.47 Å². The van der Waals surface area contributed by atoms with Crippen LogP contribution in [-0.2, 0) is 4.79 Å². The normalized spacial score (nSPS) is 16.3. The number of fused-ring (bicyclic) bond motifs is 1. The third-order valence-electron chi connectivity index (χ3n) is 5.26. The highest BCUT2D eigenvalue weighted by molar-refractivity contribution is 5.98. The summed E-state index contributed by atoms with van der Waals surface area (Å²) in [5, 5.41) is 21.4. The zero-order valence-electron chi connectivity index (χ0n) is 15.4. The summed E-state index contributed by atoms with van der Waals surface area (Å²) in [5.74, 6) is -1.32. The summed E-state index contributed by atoms with van der Waals surface area (Å²) in [5.41, 5.74) is 2.70. The molecule has 1 saturated heterocycles. The van der Waals surface area contributed by atoms with E-state index in [4.69, 9.17) is 0 Å². The molecule has 6 nitrogen and oxygen atoms in total. The molecule has 3 aromatic rings. The number of hydrogen-bond donors (Lipinski definition) is 2. The molecule has 6 heteroatoms. The third-order valence-corrected chi connectivity index (χ3v) is 5.26. The lowest BCUT2D eigenvalue weighted by Gasteiger charge is -2.22. The van der Waals surface area contributed by atoms with Crippen LogP contribution in [0.25, 0.3) is 22.0 Å². The zero-order chi connectivity index (χ0) is 19.7. The predicted molar refractivity (Wildman–Crippen MR) is 106 cm³/mol. The molecular formula is C22H22N2O4. The van der Waals surface area contributed by atoms with Gasteiger partial charge in [-0.05, 0) is 42.2 Å². The number of likely N-dealkylation sites (tertiary alicyclic amines) is 1. The van der Waals surface area contributed by atoms with Crippen molar-refractivity contribution >= 4 is 22.7 Å². The van der Waals surface area contributed by atoms with Gasteiger partial charge in [0, 0.05) is 24.7 Å². The second kappa shape index (κ2) is 7.58. The van der Waals surface area contributed by atoms with Crippen LogP contribution in [0.1, 0.15) is 17.6 Å². The molecule has 0 aliphatic carbocycles. The minimum Gasteiger partial charge on any atom is -0.380 e. The first-order chi connectivity index (χ1) is 13.6. The van der Waals surface area contributed by atoms with Gasteiger partial charge >= 0.3 is 0 Å². The van der Waals surface area contributed by atoms with Gasteiger partial charge in [-0.3, -0.25) is 14.2 Å². The zero-order valence-corrected chi connectivity index (χ0v) is 15.4. The van der Waals surface area contributed by atoms with Gasteiger partial charge in [0.2, 0.25) is 0 Å². The number of carbonyl (C=O) groups excluding carboxylic acids is 2. The number of nitrogens with zero attached hydrogens (tertiary/aromatic N) is 2. The molecule has 2 N–H and O–H groups in total. The van der Waals surface area contributed by atoms with Gasteiger partial charge in [0.1, 0.15) is 0 Å². The van der Waals surface area contributed by atoms with Crippen LogP contribution in [0.15, 0.2) is 60.8 Å². The first-order valence-electron chi connectivity index (χ1n) is 9.42. The van der Waals surface area contributed by atoms with E-state index in [9.17, 15) is 19.8 Å². The van der Waals surface area contributed by atoms with E-state index in [1.54, 1.807) is 18.3 Å². The number of amides is 1. The Hall–Kier alpha value is -2.96. The van der Waals surface area contributed by atoms with E-state index >= 15 is 0 Å². The first-order valence-corrected chi connectivity index (χ1v) is 9.42. The quantitative estimate of drug-likeness (QED) is 0.730. The topological polar surface area (TPSA) is 82.8 Å². The molecule has 1 amide bonds. The number of hydrogen-bond acceptors (Lipinski definition) is 4. The summed E-state index contributed by atoms with van der Waals surface area (Å²) in [6, 6.07) is 17.3. The Balaban J connectivity index is 1.58. The van der Waals surface area contributed by atoms with Crippen LogP contribution in [0.4, 0.5) is 0 Å². The van der Waals surface area contributed by atoms with Crippen molar-refractivity contribution in [2.45, 2.75) is 25.0 Å². The molecule has 144 valence electrons. The van der Waals surface area contributed by atoms with Gasteiger partial charge in [0.15, 0.2) is 12.2 Å². The van der Waals surface area contributed by atoms with Crippen molar-refractivity contribution in [3.05, 3.63) is 60.8 Å². The number of aliphatic hydroxyl groups excluding tert-OH is 2. The molecule has 1 aromatic heterocycles. The molecule has 1 aliphatic heterocycles. The van der Waals surface area contributed by atoms with E-state index in [2.05, 4.69) is 0 Å². The molecule has 0 bridgehead atoms. The summed E-state index contributed by atoms with van der Waals surface area (Å²) >= 11 is 0. The van der Waals surface area contributed by atoms with Gasteiger partial charge in [0.05, 0.1) is 5.52 Å². The minimum atomic E-state index is -1.81. The lowest BCUT2D eigenvalue weighted by molar-refractivity contribution is -0.143. The Kier molecular flexibility index (Phi) is 4.98. The van der Waals surface area contributed by atoms with Crippen molar-refractivity contribution in [3.63, 3.8) is 0 Å². The van der Waals surface area contributed by atoms with Crippen LogP contribution in [0.2, 0.25) is 0 Å². The Morgan fingerprint density at radius 2 is 1.50 bits per heavy atom. The Morgan fingerprint density at radius 3 is 2.21 bits per heavy atom. The predicted octanol–water partition coefficient (Wildman–Crippen LogP) is 2.29. The summed E-state index contributed by atoms with van der Waals surface area (Å²) in [4.78, 5) is 26.5. The molecule has 1 aliphatic rings. The van der Waals surface area contributed by atoms with Gasteiger partial charge in [0.25, 0.3) is 11.8 Å². The molecule has 0 saturated carbocycles. The number of aliphatic hydroxyl groups is 2. The highest BCUT2D eigenvalue weighted by Gasteiger charge is 2.35. The Morgan fingerprint density at radius 1 is 0.821 bits per heavy atom. The fourth-order valence-corrected chi connectivity index (χ4v) is 3.68. The number of rotatable bonds is 4. The monoisotopic (exact) mass is 378 g/mol. The second-order valence-electron chi connectivity index (χ2n) is 7.09. The van der Waals surface area contributed by atoms with Crippen molar-refractivity contribution in [2.75, 3.05) is 13.1 Å². The van der Waals surface area contributed by atoms with Gasteiger partial charge in [-0.25, -0.2) is 0 Å². The van der Waals surface area contributed by atoms with Crippen LogP contribution >= 0.6 is 0 Å². The van der Waals surface area contributed by atoms with Crippen LogP contribution in [0.5, 0.6) is 0 Å². The fourth-order valence-electron chi connectivity index (χ4n) is 3.68. The molecule has 2 aromatic carbocycles. The van der Waals surface area contributed by atoms with E-state index in [0.717, 1.165) is 29.4 Å². The highest BCUT2D eigenvalue weighted by atomic mass is 16.3. The molecule has 0 radical (unpaired) electrons. The summed E-state index contributed by atoms with van der Waals surface area (Å²) in [6.07, 6.45) is -0.273. The van der Waals surface area contributed by atoms with Crippen molar-refractivity contribution in [2.24, 2.45) is 0 Å². The van der Waals surface area contributed by atoms with Crippen molar-refractivity contribution in [3.8, 4) is 11.1 Å². The molecular weight excluding hydrogens is 356 g/mol. The maximum absolute atomic E-state index is 12.7. The molecule has 2 atom stereocenters. The van der Waals surface area contributed by atoms with Crippen molar-refractivity contribution in [1.82, 2.24) is 9.47 Å². The molecule has 2 heterocycles. The Bertz CT molecular complexity index is 1010. The van der Waals surface area contributed by atoms with E-state index in [1.807, 2.05) is 42.5 Å². The molecule has 0 unspecified atom stereocenters. The summed E-state index contributed by atoms with van der Waals surface area (Å²) < 4.78 is 1.29. The van der Waals surface area contributed by atoms with E-state index in [-0.39, 0.29) is 0 Å². The van der Waals surface area contributed by atoms with Gasteiger partial charge in [-0.2, -0.15) is 0 Å². The van der Waals surface area contributed by atoms with Crippen molar-refractivity contribution < 1.29 is 19.8 Å². The average molecular weight is 378 g/mol. The van der Waals surface area contributed by atoms with Crippen LogP contribution < -0.4 is 0 Å². The average Bonchev–Trinajstić information content (AvgIpc) is 3.41. The smallest absolute Gasteiger partial charge is 0.263 e. The van der Waals surface area contributed by atoms with Gasteiger partial charge in [-0.15, -0.1) is 0 Å². The third kappa shape index (κ3) is 3.32. The van der Waals surface area contributed by atoms with Gasteiger partial charge in [-0.1, -0.05) is 36.4 Å². The second-order valence-corrected chi connectivity index (χ2v) is 7.09. The number of aromatic nitrogens is 1. The SMILES string of the molecule is O=C([C@H](O)[C@@H](O)C(=O)n1ccc2cc(-c3ccccc3)ccc21)N1CCCC1. The minimum absolute atomic E-state index is 0.547. The lowest BCUT2D eigenvalue weighted by Crippen LogP contribution is -2.48. The van der Waals surface area contributed by atoms with E-state index < -0.39 is 24.0 Å². The van der Waals surface area contributed by atoms with Crippen LogP contribution in [0, 0.1) is 0 Å². The maximum atomic E-state index is 12.7. The number of carbonyl (C=O) groups is 2. The fraction of sp³-hybridized carbons (Fsp3) is 0.273. The van der Waals surface area contributed by atoms with Crippen LogP contribution in [-0.4, -0.2) is 56.8 Å². The molecule has 4 rings (SSSR count). The Labute approximate surface area is 162 Å². The van der Waals surface area contributed by atoms with Gasteiger partial charge < -0.3 is 15.1 Å². The largest absolute Gasteiger partial charge is 0.380 e. The standard InChI is InChI=1S/C22H22N2O4/c25-19(21(27)23-11-4-5-12-23)20(26)22(28)24-13-10-17-14-16(8-9-18(17)24)15-6-2-1-3-7-15/h1-3,6-10,13-14,19-20,25-26H,4-5,11-12H2/t19-,20-/m1/s1. The van der Waals surface area contributed by atoms with Crippen molar-refractivity contribution in [1.29, 1.82) is 0 Å². The molecule has 28 heavy (non-hydrogen) atoms. The maximum Gasteiger partial charge on any atom is 0.263 e. The van der Waals surface area contributed by atoms with E-state index in [0.29, 0.717) is 18.6 Å². The number of benzene rings is 2.